The molecule has 0 fully saturated rings. The molecule has 146 valence electrons. The third kappa shape index (κ3) is 5.10. The Labute approximate surface area is 171 Å². The molecule has 3 rings (SSSR count). The maximum atomic E-state index is 12.0. The van der Waals surface area contributed by atoms with Gasteiger partial charge in [-0.15, -0.1) is 0 Å². The van der Waals surface area contributed by atoms with Crippen molar-refractivity contribution in [2.24, 2.45) is 0 Å². The Balaban J connectivity index is 1.50. The monoisotopic (exact) mass is 445 g/mol. The summed E-state index contributed by atoms with van der Waals surface area (Å²) in [7, 11) is 1.60. The molecule has 0 bridgehead atoms. The largest absolute Gasteiger partial charge is 0.497 e. The fraction of sp³-hybridized carbons (Fsp3) is 0.250. The molecule has 0 aliphatic heterocycles. The molecule has 0 spiro atoms. The average molecular weight is 446 g/mol. The molecule has 1 aromatic heterocycles. The number of methoxy groups -OCH3 is 1. The van der Waals surface area contributed by atoms with Crippen LogP contribution >= 0.6 is 15.9 Å². The number of nitrogens with one attached hydrogen (secondary N) is 1. The topological polar surface area (TPSA) is 86.5 Å². The van der Waals surface area contributed by atoms with Gasteiger partial charge < -0.3 is 19.3 Å². The normalized spacial score (nSPS) is 10.5. The standard InChI is InChI=1S/C20H20BrN3O4/c1-3-13-4-9-17(16(21)10-13)27-12-18(25)22-11-19-23-20(24-28-19)14-5-7-15(26-2)8-6-14/h4-10H,3,11-12H2,1-2H3,(H,22,25). The van der Waals surface area contributed by atoms with Gasteiger partial charge in [-0.3, -0.25) is 4.79 Å². The zero-order chi connectivity index (χ0) is 19.9. The highest BCUT2D eigenvalue weighted by molar-refractivity contribution is 9.10. The first kappa shape index (κ1) is 19.9. The van der Waals surface area contributed by atoms with E-state index < -0.39 is 0 Å². The summed E-state index contributed by atoms with van der Waals surface area (Å²) in [4.78, 5) is 16.3. The van der Waals surface area contributed by atoms with E-state index in [1.165, 1.54) is 5.56 Å². The summed E-state index contributed by atoms with van der Waals surface area (Å²) in [6.45, 7) is 2.10. The van der Waals surface area contributed by atoms with Gasteiger partial charge in [0.2, 0.25) is 11.7 Å². The molecule has 0 saturated heterocycles. The smallest absolute Gasteiger partial charge is 0.258 e. The van der Waals surface area contributed by atoms with Crippen LogP contribution in [0.15, 0.2) is 51.5 Å². The van der Waals surface area contributed by atoms with Crippen molar-refractivity contribution in [1.82, 2.24) is 15.5 Å². The first-order chi connectivity index (χ1) is 13.6. The van der Waals surface area contributed by atoms with Gasteiger partial charge in [0.25, 0.3) is 5.91 Å². The molecule has 1 heterocycles. The van der Waals surface area contributed by atoms with Gasteiger partial charge in [-0.25, -0.2) is 0 Å². The van der Waals surface area contributed by atoms with Gasteiger partial charge in [0, 0.05) is 5.56 Å². The fourth-order valence-electron chi connectivity index (χ4n) is 2.43. The van der Waals surface area contributed by atoms with Crippen LogP contribution in [0.5, 0.6) is 11.5 Å². The second kappa shape index (κ2) is 9.36. The lowest BCUT2D eigenvalue weighted by Crippen LogP contribution is -2.28. The Morgan fingerprint density at radius 1 is 1.21 bits per heavy atom. The van der Waals surface area contributed by atoms with Crippen molar-refractivity contribution >= 4 is 21.8 Å². The Bertz CT molecular complexity index is 941. The summed E-state index contributed by atoms with van der Waals surface area (Å²) in [5.41, 5.74) is 1.98. The van der Waals surface area contributed by atoms with Crippen molar-refractivity contribution in [3.8, 4) is 22.9 Å². The van der Waals surface area contributed by atoms with E-state index in [0.717, 1.165) is 22.2 Å². The Morgan fingerprint density at radius 2 is 2.00 bits per heavy atom. The summed E-state index contributed by atoms with van der Waals surface area (Å²) in [6, 6.07) is 13.1. The van der Waals surface area contributed by atoms with Crippen molar-refractivity contribution in [2.75, 3.05) is 13.7 Å². The maximum Gasteiger partial charge on any atom is 0.258 e. The summed E-state index contributed by atoms with van der Waals surface area (Å²) >= 11 is 3.45. The van der Waals surface area contributed by atoms with Gasteiger partial charge in [-0.05, 0) is 64.3 Å². The molecule has 0 aliphatic carbocycles. The SMILES string of the molecule is CCc1ccc(OCC(=O)NCc2nc(-c3ccc(OC)cc3)no2)c(Br)c1. The van der Waals surface area contributed by atoms with E-state index >= 15 is 0 Å². The molecule has 2 aromatic carbocycles. The molecular weight excluding hydrogens is 426 g/mol. The zero-order valence-electron chi connectivity index (χ0n) is 15.6. The van der Waals surface area contributed by atoms with E-state index in [9.17, 15) is 4.79 Å². The molecule has 1 amide bonds. The van der Waals surface area contributed by atoms with Crippen LogP contribution in [0.3, 0.4) is 0 Å². The van der Waals surface area contributed by atoms with E-state index in [2.05, 4.69) is 38.3 Å². The molecule has 8 heteroatoms. The predicted octanol–water partition coefficient (Wildman–Crippen LogP) is 3.77. The molecule has 7 nitrogen and oxygen atoms in total. The third-order valence-electron chi connectivity index (χ3n) is 4.02. The average Bonchev–Trinajstić information content (AvgIpc) is 3.20. The number of benzene rings is 2. The minimum Gasteiger partial charge on any atom is -0.497 e. The lowest BCUT2D eigenvalue weighted by atomic mass is 10.2. The quantitative estimate of drug-likeness (QED) is 0.567. The van der Waals surface area contributed by atoms with Crippen molar-refractivity contribution in [3.63, 3.8) is 0 Å². The minimum atomic E-state index is -0.282. The molecule has 0 radical (unpaired) electrons. The van der Waals surface area contributed by atoms with Gasteiger partial charge >= 0.3 is 0 Å². The van der Waals surface area contributed by atoms with Crippen LogP contribution in [0, 0.1) is 0 Å². The predicted molar refractivity (Wildman–Crippen MR) is 107 cm³/mol. The fourth-order valence-corrected chi connectivity index (χ4v) is 2.97. The van der Waals surface area contributed by atoms with E-state index in [1.54, 1.807) is 7.11 Å². The molecule has 3 aromatic rings. The number of hydrogen-bond donors (Lipinski definition) is 1. The lowest BCUT2D eigenvalue weighted by molar-refractivity contribution is -0.123. The number of ether oxygens (including phenoxy) is 2. The molecule has 0 atom stereocenters. The molecular formula is C20H20BrN3O4. The summed E-state index contributed by atoms with van der Waals surface area (Å²) in [5, 5.41) is 6.62. The molecule has 0 saturated carbocycles. The van der Waals surface area contributed by atoms with Crippen LogP contribution in [0.25, 0.3) is 11.4 Å². The molecule has 0 unspecified atom stereocenters. The van der Waals surface area contributed by atoms with E-state index in [0.29, 0.717) is 17.5 Å². The lowest BCUT2D eigenvalue weighted by Gasteiger charge is -2.09. The number of nitrogens with zero attached hydrogens (tertiary/aromatic N) is 2. The van der Waals surface area contributed by atoms with Gasteiger partial charge in [0.1, 0.15) is 11.5 Å². The van der Waals surface area contributed by atoms with Crippen molar-refractivity contribution in [2.45, 2.75) is 19.9 Å². The Hall–Kier alpha value is -2.87. The Kier molecular flexibility index (Phi) is 6.65. The van der Waals surface area contributed by atoms with Crippen LogP contribution < -0.4 is 14.8 Å². The van der Waals surface area contributed by atoms with Crippen LogP contribution in [0.1, 0.15) is 18.4 Å². The second-order valence-electron chi connectivity index (χ2n) is 5.92. The molecule has 1 N–H and O–H groups in total. The number of aromatic nitrogens is 2. The highest BCUT2D eigenvalue weighted by Crippen LogP contribution is 2.26. The van der Waals surface area contributed by atoms with Crippen LogP contribution in [-0.2, 0) is 17.8 Å². The van der Waals surface area contributed by atoms with Crippen molar-refractivity contribution in [3.05, 3.63) is 58.4 Å². The summed E-state index contributed by atoms with van der Waals surface area (Å²) < 4.78 is 16.7. The van der Waals surface area contributed by atoms with Crippen LogP contribution in [-0.4, -0.2) is 29.8 Å². The number of amides is 1. The molecule has 0 aliphatic rings. The summed E-state index contributed by atoms with van der Waals surface area (Å²) in [6.07, 6.45) is 0.933. The van der Waals surface area contributed by atoms with Gasteiger partial charge in [0.15, 0.2) is 6.61 Å². The van der Waals surface area contributed by atoms with Gasteiger partial charge in [0.05, 0.1) is 18.1 Å². The van der Waals surface area contributed by atoms with E-state index in [4.69, 9.17) is 14.0 Å². The highest BCUT2D eigenvalue weighted by atomic mass is 79.9. The number of hydrogen-bond acceptors (Lipinski definition) is 6. The van der Waals surface area contributed by atoms with Crippen LogP contribution in [0.2, 0.25) is 0 Å². The summed E-state index contributed by atoms with van der Waals surface area (Å²) in [5.74, 6) is 1.84. The maximum absolute atomic E-state index is 12.0. The van der Waals surface area contributed by atoms with Crippen molar-refractivity contribution < 1.29 is 18.8 Å². The van der Waals surface area contributed by atoms with Crippen molar-refractivity contribution in [1.29, 1.82) is 0 Å². The third-order valence-corrected chi connectivity index (χ3v) is 4.64. The number of halogens is 1. The number of aryl methyl sites for hydroxylation is 1. The number of rotatable bonds is 8. The zero-order valence-corrected chi connectivity index (χ0v) is 17.2. The first-order valence-electron chi connectivity index (χ1n) is 8.74. The number of carbonyl (C=O) groups is 1. The van der Waals surface area contributed by atoms with E-state index in [-0.39, 0.29) is 19.1 Å². The van der Waals surface area contributed by atoms with Gasteiger partial charge in [-0.2, -0.15) is 4.98 Å². The molecule has 28 heavy (non-hydrogen) atoms. The first-order valence-corrected chi connectivity index (χ1v) is 9.53. The van der Waals surface area contributed by atoms with Gasteiger partial charge in [-0.1, -0.05) is 18.1 Å². The van der Waals surface area contributed by atoms with Crippen LogP contribution in [0.4, 0.5) is 0 Å². The minimum absolute atomic E-state index is 0.108. The highest BCUT2D eigenvalue weighted by Gasteiger charge is 2.11. The Morgan fingerprint density at radius 3 is 2.68 bits per heavy atom. The van der Waals surface area contributed by atoms with E-state index in [1.807, 2.05) is 42.5 Å². The second-order valence-corrected chi connectivity index (χ2v) is 6.78. The number of carbonyl (C=O) groups excluding carboxylic acids is 1.